The van der Waals surface area contributed by atoms with Crippen molar-refractivity contribution in [3.05, 3.63) is 28.7 Å². The molecule has 0 radical (unpaired) electrons. The summed E-state index contributed by atoms with van der Waals surface area (Å²) in [5.74, 6) is 2.00. The fraction of sp³-hybridized carbons (Fsp3) is 0.308. The molecule has 7 heteroatoms. The highest BCUT2D eigenvalue weighted by Gasteiger charge is 2.13. The van der Waals surface area contributed by atoms with Crippen LogP contribution in [0, 0.1) is 13.8 Å². The van der Waals surface area contributed by atoms with Crippen LogP contribution in [0.15, 0.2) is 17.6 Å². The Labute approximate surface area is 125 Å². The molecule has 3 aromatic heterocycles. The van der Waals surface area contributed by atoms with E-state index < -0.39 is 0 Å². The van der Waals surface area contributed by atoms with Gasteiger partial charge in [-0.05, 0) is 19.4 Å². The van der Waals surface area contributed by atoms with Crippen LogP contribution in [-0.2, 0) is 12.8 Å². The van der Waals surface area contributed by atoms with Crippen LogP contribution < -0.4 is 5.73 Å². The predicted molar refractivity (Wildman–Crippen MR) is 84.1 cm³/mol. The maximum atomic E-state index is 6.08. The van der Waals surface area contributed by atoms with Gasteiger partial charge in [0, 0.05) is 24.3 Å². The Hall–Kier alpha value is -1.60. The van der Waals surface area contributed by atoms with Gasteiger partial charge in [0.25, 0.3) is 0 Å². The van der Waals surface area contributed by atoms with Gasteiger partial charge in [-0.15, -0.1) is 11.3 Å². The first-order chi connectivity index (χ1) is 9.56. The van der Waals surface area contributed by atoms with Crippen molar-refractivity contribution in [3.8, 4) is 0 Å². The zero-order chi connectivity index (χ0) is 14.3. The summed E-state index contributed by atoms with van der Waals surface area (Å²) in [5, 5.41) is 1.95. The number of aromatic nitrogens is 4. The second kappa shape index (κ2) is 5.06. The average molecular weight is 305 g/mol. The van der Waals surface area contributed by atoms with Crippen LogP contribution >= 0.6 is 23.1 Å². The van der Waals surface area contributed by atoms with Gasteiger partial charge in [-0.1, -0.05) is 11.8 Å². The molecule has 5 nitrogen and oxygen atoms in total. The number of rotatable bonds is 3. The van der Waals surface area contributed by atoms with Crippen molar-refractivity contribution in [2.45, 2.75) is 24.8 Å². The highest BCUT2D eigenvalue weighted by atomic mass is 32.2. The second-order valence-corrected chi connectivity index (χ2v) is 6.74. The molecule has 0 aliphatic heterocycles. The molecule has 0 spiro atoms. The average Bonchev–Trinajstić information content (AvgIpc) is 2.92. The molecule has 3 aromatic rings. The van der Waals surface area contributed by atoms with Crippen LogP contribution in [0.1, 0.15) is 16.3 Å². The third-order valence-corrected chi connectivity index (χ3v) is 5.37. The molecule has 0 aliphatic rings. The van der Waals surface area contributed by atoms with Crippen molar-refractivity contribution in [2.24, 2.45) is 7.05 Å². The molecular weight excluding hydrogens is 290 g/mol. The Bertz CT molecular complexity index is 775. The SMILES string of the molecule is Cc1sc2nc(CSc3nccn3C)nc(N)c2c1C. The molecule has 104 valence electrons. The maximum Gasteiger partial charge on any atom is 0.168 e. The van der Waals surface area contributed by atoms with E-state index in [9.17, 15) is 0 Å². The number of hydrogen-bond acceptors (Lipinski definition) is 6. The third kappa shape index (κ3) is 2.27. The van der Waals surface area contributed by atoms with Crippen molar-refractivity contribution in [2.75, 3.05) is 5.73 Å². The molecule has 0 atom stereocenters. The summed E-state index contributed by atoms with van der Waals surface area (Å²) in [6.07, 6.45) is 3.71. The summed E-state index contributed by atoms with van der Waals surface area (Å²) in [6.45, 7) is 4.15. The molecule has 0 saturated carbocycles. The van der Waals surface area contributed by atoms with Crippen molar-refractivity contribution >= 4 is 39.1 Å². The van der Waals surface area contributed by atoms with Gasteiger partial charge in [-0.25, -0.2) is 15.0 Å². The van der Waals surface area contributed by atoms with Crippen LogP contribution in [0.3, 0.4) is 0 Å². The van der Waals surface area contributed by atoms with Gasteiger partial charge in [0.2, 0.25) is 0 Å². The zero-order valence-corrected chi connectivity index (χ0v) is 13.2. The summed E-state index contributed by atoms with van der Waals surface area (Å²) >= 11 is 3.28. The first-order valence-corrected chi connectivity index (χ1v) is 7.98. The largest absolute Gasteiger partial charge is 0.383 e. The molecule has 2 N–H and O–H groups in total. The fourth-order valence-electron chi connectivity index (χ4n) is 2.01. The second-order valence-electron chi connectivity index (χ2n) is 4.60. The summed E-state index contributed by atoms with van der Waals surface area (Å²) in [7, 11) is 1.97. The summed E-state index contributed by atoms with van der Waals surface area (Å²) < 4.78 is 1.98. The molecule has 0 aromatic carbocycles. The van der Waals surface area contributed by atoms with E-state index in [0.717, 1.165) is 21.2 Å². The number of aryl methyl sites for hydroxylation is 3. The third-order valence-electron chi connectivity index (χ3n) is 3.21. The van der Waals surface area contributed by atoms with Crippen molar-refractivity contribution in [1.29, 1.82) is 0 Å². The molecule has 0 aliphatic carbocycles. The van der Waals surface area contributed by atoms with Gasteiger partial charge >= 0.3 is 0 Å². The van der Waals surface area contributed by atoms with Crippen molar-refractivity contribution < 1.29 is 0 Å². The molecule has 20 heavy (non-hydrogen) atoms. The van der Waals surface area contributed by atoms with Gasteiger partial charge in [-0.3, -0.25) is 0 Å². The van der Waals surface area contributed by atoms with Crippen molar-refractivity contribution in [1.82, 2.24) is 19.5 Å². The lowest BCUT2D eigenvalue weighted by molar-refractivity contribution is 0.789. The summed E-state index contributed by atoms with van der Waals surface area (Å²) in [6, 6.07) is 0. The van der Waals surface area contributed by atoms with E-state index in [1.165, 1.54) is 10.4 Å². The number of imidazole rings is 1. The van der Waals surface area contributed by atoms with Crippen LogP contribution in [0.5, 0.6) is 0 Å². The summed E-state index contributed by atoms with van der Waals surface area (Å²) in [4.78, 5) is 15.5. The number of nitrogen functional groups attached to an aromatic ring is 1. The van der Waals surface area contributed by atoms with Crippen molar-refractivity contribution in [3.63, 3.8) is 0 Å². The maximum absolute atomic E-state index is 6.08. The van der Waals surface area contributed by atoms with E-state index in [4.69, 9.17) is 5.73 Å². The molecule has 0 fully saturated rings. The lowest BCUT2D eigenvalue weighted by Gasteiger charge is -2.03. The van der Waals surface area contributed by atoms with Gasteiger partial charge in [-0.2, -0.15) is 0 Å². The Kier molecular flexibility index (Phi) is 3.39. The quantitative estimate of drug-likeness (QED) is 0.753. The standard InChI is InChI=1S/C13H15N5S2/c1-7-8(2)20-12-10(7)11(14)16-9(17-12)6-19-13-15-4-5-18(13)3/h4-5H,6H2,1-3H3,(H2,14,16,17). The van der Waals surface area contributed by atoms with E-state index >= 15 is 0 Å². The van der Waals surface area contributed by atoms with Gasteiger partial charge in [0.05, 0.1) is 11.1 Å². The van der Waals surface area contributed by atoms with E-state index in [1.54, 1.807) is 29.3 Å². The predicted octanol–water partition coefficient (Wildman–Crippen LogP) is 2.92. The molecule has 3 rings (SSSR count). The molecular formula is C13H15N5S2. The lowest BCUT2D eigenvalue weighted by atomic mass is 10.2. The Morgan fingerprint density at radius 2 is 2.15 bits per heavy atom. The minimum atomic E-state index is 0.576. The van der Waals surface area contributed by atoms with E-state index in [1.807, 2.05) is 17.8 Å². The van der Waals surface area contributed by atoms with E-state index in [2.05, 4.69) is 28.8 Å². The first-order valence-electron chi connectivity index (χ1n) is 6.18. The zero-order valence-electron chi connectivity index (χ0n) is 11.5. The van der Waals surface area contributed by atoms with Crippen LogP contribution in [0.4, 0.5) is 5.82 Å². The summed E-state index contributed by atoms with van der Waals surface area (Å²) in [5.41, 5.74) is 7.26. The Morgan fingerprint density at radius 1 is 1.35 bits per heavy atom. The van der Waals surface area contributed by atoms with Gasteiger partial charge in [0.15, 0.2) is 5.16 Å². The first kappa shape index (κ1) is 13.4. The normalized spacial score (nSPS) is 11.3. The number of hydrogen-bond donors (Lipinski definition) is 1. The van der Waals surface area contributed by atoms with Crippen LogP contribution in [0.25, 0.3) is 10.2 Å². The molecule has 3 heterocycles. The van der Waals surface area contributed by atoms with Gasteiger partial charge in [0.1, 0.15) is 16.5 Å². The Balaban J connectivity index is 1.91. The molecule has 0 saturated heterocycles. The molecule has 0 bridgehead atoms. The monoisotopic (exact) mass is 305 g/mol. The Morgan fingerprint density at radius 3 is 2.85 bits per heavy atom. The van der Waals surface area contributed by atoms with E-state index in [0.29, 0.717) is 11.6 Å². The number of anilines is 1. The molecule has 0 amide bonds. The molecule has 0 unspecified atom stereocenters. The highest BCUT2D eigenvalue weighted by molar-refractivity contribution is 7.98. The number of fused-ring (bicyclic) bond motifs is 1. The fourth-order valence-corrected chi connectivity index (χ4v) is 3.85. The van der Waals surface area contributed by atoms with E-state index in [-0.39, 0.29) is 0 Å². The minimum Gasteiger partial charge on any atom is -0.383 e. The number of nitrogens with zero attached hydrogens (tertiary/aromatic N) is 4. The number of nitrogens with two attached hydrogens (primary N) is 1. The number of thiophene rings is 1. The van der Waals surface area contributed by atoms with Gasteiger partial charge < -0.3 is 10.3 Å². The number of thioether (sulfide) groups is 1. The topological polar surface area (TPSA) is 69.6 Å². The minimum absolute atomic E-state index is 0.576. The highest BCUT2D eigenvalue weighted by Crippen LogP contribution is 2.32. The van der Waals surface area contributed by atoms with Crippen LogP contribution in [-0.4, -0.2) is 19.5 Å². The van der Waals surface area contributed by atoms with Crippen LogP contribution in [0.2, 0.25) is 0 Å². The smallest absolute Gasteiger partial charge is 0.168 e. The lowest BCUT2D eigenvalue weighted by Crippen LogP contribution is -2.00.